The summed E-state index contributed by atoms with van der Waals surface area (Å²) < 4.78 is 16.4. The summed E-state index contributed by atoms with van der Waals surface area (Å²) in [6.07, 6.45) is 0.777. The van der Waals surface area contributed by atoms with Crippen LogP contribution in [0.2, 0.25) is 0 Å². The largest absolute Gasteiger partial charge is 0.326 e. The maximum Gasteiger partial charge on any atom is 0.138 e. The maximum absolute atomic E-state index is 13.9. The Morgan fingerprint density at radius 3 is 2.95 bits per heavy atom. The van der Waals surface area contributed by atoms with E-state index in [1.807, 2.05) is 45.0 Å². The van der Waals surface area contributed by atoms with E-state index in [1.54, 1.807) is 17.4 Å². The van der Waals surface area contributed by atoms with Gasteiger partial charge < -0.3 is 4.57 Å². The van der Waals surface area contributed by atoms with Gasteiger partial charge in [-0.05, 0) is 35.6 Å². The van der Waals surface area contributed by atoms with Crippen molar-refractivity contribution in [2.45, 2.75) is 25.3 Å². The van der Waals surface area contributed by atoms with Crippen LogP contribution in [0.5, 0.6) is 0 Å². The van der Waals surface area contributed by atoms with Crippen LogP contribution in [-0.2, 0) is 13.0 Å². The van der Waals surface area contributed by atoms with Gasteiger partial charge in [-0.1, -0.05) is 0 Å². The van der Waals surface area contributed by atoms with Crippen LogP contribution < -0.4 is 0 Å². The first kappa shape index (κ1) is 15.2. The molecule has 0 aliphatic rings. The van der Waals surface area contributed by atoms with Gasteiger partial charge in [0.2, 0.25) is 0 Å². The predicted octanol–water partition coefficient (Wildman–Crippen LogP) is 4.78. The molecule has 7 heteroatoms. The molecule has 3 nitrogen and oxygen atoms in total. The first-order valence-corrected chi connectivity index (χ1v) is 8.88. The van der Waals surface area contributed by atoms with Crippen molar-refractivity contribution < 1.29 is 4.39 Å². The monoisotopic (exact) mass is 435 g/mol. The highest BCUT2D eigenvalue weighted by molar-refractivity contribution is 14.1. The summed E-state index contributed by atoms with van der Waals surface area (Å²) in [6, 6.07) is 3.29. The molecule has 3 rings (SSSR count). The fourth-order valence-corrected chi connectivity index (χ4v) is 3.47. The molecular weight excluding hydrogens is 424 g/mol. The number of aromatic nitrogens is 3. The van der Waals surface area contributed by atoms with Gasteiger partial charge in [0, 0.05) is 24.4 Å². The highest BCUT2D eigenvalue weighted by Gasteiger charge is 2.17. The summed E-state index contributed by atoms with van der Waals surface area (Å²) in [6.45, 7) is 2.57. The molecule has 0 bridgehead atoms. The third kappa shape index (κ3) is 3.07. The molecule has 0 fully saturated rings. The number of hydrogen-bond donors (Lipinski definition) is 0. The Hall–Kier alpha value is -0.730. The quantitative estimate of drug-likeness (QED) is 0.436. The van der Waals surface area contributed by atoms with Crippen molar-refractivity contribution in [2.75, 3.05) is 0 Å². The van der Waals surface area contributed by atoms with E-state index in [0.717, 1.165) is 29.0 Å². The van der Waals surface area contributed by atoms with Gasteiger partial charge in [0.1, 0.15) is 11.6 Å². The van der Waals surface area contributed by atoms with Crippen molar-refractivity contribution in [3.8, 4) is 0 Å². The number of benzene rings is 1. The standard InChI is InChI=1S/C14H12ClFIN3S/c1-8(15)14-19-12-5-11(17)10(16)4-13(12)20(14)3-2-9-6-21-7-18-9/h4-8H,2-3H2,1H3. The van der Waals surface area contributed by atoms with Crippen LogP contribution in [0.1, 0.15) is 23.8 Å². The van der Waals surface area contributed by atoms with Crippen molar-refractivity contribution >= 4 is 56.6 Å². The summed E-state index contributed by atoms with van der Waals surface area (Å²) in [5.74, 6) is 0.537. The SMILES string of the molecule is CC(Cl)c1nc2cc(I)c(F)cc2n1CCc1cscn1. The van der Waals surface area contributed by atoms with Crippen molar-refractivity contribution in [1.29, 1.82) is 0 Å². The lowest BCUT2D eigenvalue weighted by molar-refractivity contribution is 0.618. The van der Waals surface area contributed by atoms with Crippen LogP contribution >= 0.6 is 45.5 Å². The smallest absolute Gasteiger partial charge is 0.138 e. The van der Waals surface area contributed by atoms with Crippen LogP contribution in [0, 0.1) is 9.39 Å². The lowest BCUT2D eigenvalue weighted by Crippen LogP contribution is -2.07. The van der Waals surface area contributed by atoms with Gasteiger partial charge in [-0.25, -0.2) is 14.4 Å². The third-order valence-electron chi connectivity index (χ3n) is 3.25. The van der Waals surface area contributed by atoms with Crippen LogP contribution in [0.3, 0.4) is 0 Å². The molecule has 2 aromatic heterocycles. The first-order chi connectivity index (χ1) is 10.1. The van der Waals surface area contributed by atoms with E-state index in [-0.39, 0.29) is 11.2 Å². The molecule has 2 heterocycles. The number of imidazole rings is 1. The number of rotatable bonds is 4. The highest BCUT2D eigenvalue weighted by Crippen LogP contribution is 2.27. The average molecular weight is 436 g/mol. The van der Waals surface area contributed by atoms with Crippen molar-refractivity contribution in [1.82, 2.24) is 14.5 Å². The van der Waals surface area contributed by atoms with Gasteiger partial charge >= 0.3 is 0 Å². The second-order valence-corrected chi connectivity index (χ2v) is 7.26. The van der Waals surface area contributed by atoms with Crippen LogP contribution in [0.25, 0.3) is 11.0 Å². The molecular formula is C14H12ClFIN3S. The Labute approximate surface area is 144 Å². The van der Waals surface area contributed by atoms with E-state index in [2.05, 4.69) is 9.97 Å². The molecule has 0 spiro atoms. The summed E-state index contributed by atoms with van der Waals surface area (Å²) in [7, 11) is 0. The second-order valence-electron chi connectivity index (χ2n) is 4.72. The Bertz CT molecular complexity index is 770. The first-order valence-electron chi connectivity index (χ1n) is 6.42. The Kier molecular flexibility index (Phi) is 4.46. The predicted molar refractivity (Wildman–Crippen MR) is 92.5 cm³/mol. The third-order valence-corrected chi connectivity index (χ3v) is 4.91. The number of fused-ring (bicyclic) bond motifs is 1. The number of nitrogens with zero attached hydrogens (tertiary/aromatic N) is 3. The molecule has 21 heavy (non-hydrogen) atoms. The van der Waals surface area contributed by atoms with Gasteiger partial charge in [-0.15, -0.1) is 22.9 Å². The normalized spacial score (nSPS) is 13.0. The van der Waals surface area contributed by atoms with Crippen molar-refractivity contribution in [2.24, 2.45) is 0 Å². The lowest BCUT2D eigenvalue weighted by Gasteiger charge is -2.09. The maximum atomic E-state index is 13.9. The van der Waals surface area contributed by atoms with E-state index < -0.39 is 0 Å². The van der Waals surface area contributed by atoms with Crippen LogP contribution in [-0.4, -0.2) is 14.5 Å². The van der Waals surface area contributed by atoms with Gasteiger partial charge in [0.05, 0.1) is 31.2 Å². The average Bonchev–Trinajstić information content (AvgIpc) is 3.05. The molecule has 0 saturated heterocycles. The molecule has 0 amide bonds. The van der Waals surface area contributed by atoms with Crippen molar-refractivity contribution in [3.05, 3.63) is 43.9 Å². The molecule has 0 N–H and O–H groups in total. The number of alkyl halides is 1. The molecule has 0 aliphatic carbocycles. The Balaban J connectivity index is 2.04. The van der Waals surface area contributed by atoms with Gasteiger partial charge in [-0.2, -0.15) is 0 Å². The zero-order valence-corrected chi connectivity index (χ0v) is 14.9. The molecule has 1 aromatic carbocycles. The highest BCUT2D eigenvalue weighted by atomic mass is 127. The number of aryl methyl sites for hydroxylation is 2. The van der Waals surface area contributed by atoms with Crippen molar-refractivity contribution in [3.63, 3.8) is 0 Å². The Morgan fingerprint density at radius 1 is 1.48 bits per heavy atom. The van der Waals surface area contributed by atoms with E-state index >= 15 is 0 Å². The molecule has 110 valence electrons. The fraction of sp³-hybridized carbons (Fsp3) is 0.286. The molecule has 1 unspecified atom stereocenters. The van der Waals surface area contributed by atoms with Gasteiger partial charge in [-0.3, -0.25) is 0 Å². The van der Waals surface area contributed by atoms with E-state index in [4.69, 9.17) is 11.6 Å². The minimum absolute atomic E-state index is 0.228. The topological polar surface area (TPSA) is 30.7 Å². The summed E-state index contributed by atoms with van der Waals surface area (Å²) >= 11 is 9.77. The summed E-state index contributed by atoms with van der Waals surface area (Å²) in [5.41, 5.74) is 4.40. The Morgan fingerprint density at radius 2 is 2.29 bits per heavy atom. The van der Waals surface area contributed by atoms with Gasteiger partial charge in [0.25, 0.3) is 0 Å². The molecule has 0 radical (unpaired) electrons. The van der Waals surface area contributed by atoms with Gasteiger partial charge in [0.15, 0.2) is 0 Å². The van der Waals surface area contributed by atoms with Crippen LogP contribution in [0.15, 0.2) is 23.0 Å². The summed E-state index contributed by atoms with van der Waals surface area (Å²) in [4.78, 5) is 8.83. The van der Waals surface area contributed by atoms with E-state index in [9.17, 15) is 4.39 Å². The minimum Gasteiger partial charge on any atom is -0.326 e. The zero-order valence-electron chi connectivity index (χ0n) is 11.2. The minimum atomic E-state index is -0.230. The van der Waals surface area contributed by atoms with Crippen LogP contribution in [0.4, 0.5) is 4.39 Å². The lowest BCUT2D eigenvalue weighted by atomic mass is 10.3. The molecule has 1 atom stereocenters. The van der Waals surface area contributed by atoms with E-state index in [0.29, 0.717) is 10.1 Å². The fourth-order valence-electron chi connectivity index (χ4n) is 2.26. The zero-order chi connectivity index (χ0) is 15.0. The second kappa shape index (κ2) is 6.18. The molecule has 0 saturated carbocycles. The molecule has 3 aromatic rings. The summed E-state index contributed by atoms with van der Waals surface area (Å²) in [5, 5.41) is 1.79. The number of thiazole rings is 1. The number of hydrogen-bond acceptors (Lipinski definition) is 3. The van der Waals surface area contributed by atoms with E-state index in [1.165, 1.54) is 6.07 Å². The number of halogens is 3. The molecule has 0 aliphatic heterocycles.